The SMILES string of the molecule is CCc1cc(NC(CCN)C(C)C)nc(C)n1. The van der Waals surface area contributed by atoms with Gasteiger partial charge in [0.25, 0.3) is 0 Å². The van der Waals surface area contributed by atoms with Gasteiger partial charge in [0.1, 0.15) is 11.6 Å². The van der Waals surface area contributed by atoms with E-state index in [1.54, 1.807) is 0 Å². The molecule has 0 aliphatic rings. The van der Waals surface area contributed by atoms with Crippen molar-refractivity contribution in [3.8, 4) is 0 Å². The van der Waals surface area contributed by atoms with Crippen molar-refractivity contribution in [2.24, 2.45) is 11.7 Å². The van der Waals surface area contributed by atoms with E-state index in [0.717, 1.165) is 30.2 Å². The van der Waals surface area contributed by atoms with E-state index in [1.807, 2.05) is 13.0 Å². The van der Waals surface area contributed by atoms with Crippen LogP contribution < -0.4 is 11.1 Å². The molecule has 0 aromatic carbocycles. The highest BCUT2D eigenvalue weighted by Gasteiger charge is 2.13. The Morgan fingerprint density at radius 3 is 2.59 bits per heavy atom. The number of aromatic nitrogens is 2. The summed E-state index contributed by atoms with van der Waals surface area (Å²) in [6, 6.07) is 2.40. The molecule has 0 saturated heterocycles. The lowest BCUT2D eigenvalue weighted by Crippen LogP contribution is -2.29. The minimum absolute atomic E-state index is 0.374. The molecule has 0 amide bonds. The van der Waals surface area contributed by atoms with Crippen LogP contribution in [-0.4, -0.2) is 22.6 Å². The first kappa shape index (κ1) is 13.9. The Labute approximate surface area is 104 Å². The second kappa shape index (κ2) is 6.55. The number of nitrogens with zero attached hydrogens (tertiary/aromatic N) is 2. The molecule has 0 bridgehead atoms. The standard InChI is InChI=1S/C13H24N4/c1-5-11-8-13(16-10(4)15-11)17-12(6-7-14)9(2)3/h8-9,12H,5-7,14H2,1-4H3,(H,15,16,17). The number of rotatable bonds is 6. The van der Waals surface area contributed by atoms with Gasteiger partial charge in [0.2, 0.25) is 0 Å². The van der Waals surface area contributed by atoms with Gasteiger partial charge in [-0.1, -0.05) is 20.8 Å². The topological polar surface area (TPSA) is 63.8 Å². The van der Waals surface area contributed by atoms with Crippen molar-refractivity contribution in [2.75, 3.05) is 11.9 Å². The first-order chi connectivity index (χ1) is 8.06. The maximum Gasteiger partial charge on any atom is 0.130 e. The number of hydrogen-bond donors (Lipinski definition) is 2. The average Bonchev–Trinajstić information content (AvgIpc) is 2.27. The van der Waals surface area contributed by atoms with E-state index >= 15 is 0 Å². The van der Waals surface area contributed by atoms with Gasteiger partial charge in [-0.25, -0.2) is 9.97 Å². The van der Waals surface area contributed by atoms with E-state index in [-0.39, 0.29) is 0 Å². The van der Waals surface area contributed by atoms with Gasteiger partial charge in [-0.05, 0) is 32.2 Å². The number of anilines is 1. The summed E-state index contributed by atoms with van der Waals surface area (Å²) < 4.78 is 0. The third kappa shape index (κ3) is 4.30. The zero-order valence-electron chi connectivity index (χ0n) is 11.3. The monoisotopic (exact) mass is 236 g/mol. The Morgan fingerprint density at radius 2 is 2.06 bits per heavy atom. The van der Waals surface area contributed by atoms with Gasteiger partial charge in [0.15, 0.2) is 0 Å². The van der Waals surface area contributed by atoms with Crippen LogP contribution in [0.25, 0.3) is 0 Å². The van der Waals surface area contributed by atoms with Gasteiger partial charge in [0, 0.05) is 17.8 Å². The van der Waals surface area contributed by atoms with E-state index in [2.05, 4.69) is 36.1 Å². The van der Waals surface area contributed by atoms with Crippen molar-refractivity contribution in [3.63, 3.8) is 0 Å². The fraction of sp³-hybridized carbons (Fsp3) is 0.692. The fourth-order valence-corrected chi connectivity index (χ4v) is 1.83. The van der Waals surface area contributed by atoms with E-state index in [9.17, 15) is 0 Å². The molecule has 1 heterocycles. The van der Waals surface area contributed by atoms with Crippen LogP contribution in [0.15, 0.2) is 6.07 Å². The van der Waals surface area contributed by atoms with Gasteiger partial charge in [-0.2, -0.15) is 0 Å². The van der Waals surface area contributed by atoms with Gasteiger partial charge in [-0.3, -0.25) is 0 Å². The molecule has 1 rings (SSSR count). The summed E-state index contributed by atoms with van der Waals surface area (Å²) in [4.78, 5) is 8.80. The molecule has 0 spiro atoms. The summed E-state index contributed by atoms with van der Waals surface area (Å²) >= 11 is 0. The Hall–Kier alpha value is -1.16. The molecule has 1 unspecified atom stereocenters. The lowest BCUT2D eigenvalue weighted by molar-refractivity contribution is 0.497. The summed E-state index contributed by atoms with van der Waals surface area (Å²) in [5.41, 5.74) is 6.71. The van der Waals surface area contributed by atoms with E-state index in [0.29, 0.717) is 18.5 Å². The zero-order chi connectivity index (χ0) is 12.8. The number of hydrogen-bond acceptors (Lipinski definition) is 4. The zero-order valence-corrected chi connectivity index (χ0v) is 11.3. The van der Waals surface area contributed by atoms with E-state index in [1.165, 1.54) is 0 Å². The predicted molar refractivity (Wildman–Crippen MR) is 72.1 cm³/mol. The van der Waals surface area contributed by atoms with Crippen LogP contribution in [-0.2, 0) is 6.42 Å². The Balaban J connectivity index is 2.81. The summed E-state index contributed by atoms with van der Waals surface area (Å²) in [6.07, 6.45) is 1.89. The Morgan fingerprint density at radius 1 is 1.35 bits per heavy atom. The Bertz CT molecular complexity index is 349. The van der Waals surface area contributed by atoms with Gasteiger partial charge in [-0.15, -0.1) is 0 Å². The van der Waals surface area contributed by atoms with E-state index in [4.69, 9.17) is 5.73 Å². The van der Waals surface area contributed by atoms with Crippen molar-refractivity contribution in [3.05, 3.63) is 17.6 Å². The summed E-state index contributed by atoms with van der Waals surface area (Å²) in [5.74, 6) is 2.28. The van der Waals surface area contributed by atoms with Crippen molar-refractivity contribution >= 4 is 5.82 Å². The van der Waals surface area contributed by atoms with Crippen LogP contribution in [0.3, 0.4) is 0 Å². The van der Waals surface area contributed by atoms with Crippen molar-refractivity contribution in [1.82, 2.24) is 9.97 Å². The maximum atomic E-state index is 5.63. The second-order valence-corrected chi connectivity index (χ2v) is 4.72. The minimum atomic E-state index is 0.374. The molecule has 0 fully saturated rings. The van der Waals surface area contributed by atoms with Crippen molar-refractivity contribution in [1.29, 1.82) is 0 Å². The van der Waals surface area contributed by atoms with Gasteiger partial charge in [0.05, 0.1) is 0 Å². The lowest BCUT2D eigenvalue weighted by Gasteiger charge is -2.22. The Kier molecular flexibility index (Phi) is 5.35. The fourth-order valence-electron chi connectivity index (χ4n) is 1.83. The molecule has 1 atom stereocenters. The summed E-state index contributed by atoms with van der Waals surface area (Å²) in [6.45, 7) is 9.12. The molecular formula is C13H24N4. The third-order valence-corrected chi connectivity index (χ3v) is 2.87. The summed E-state index contributed by atoms with van der Waals surface area (Å²) in [5, 5.41) is 3.46. The molecule has 0 aliphatic carbocycles. The van der Waals surface area contributed by atoms with Crippen LogP contribution in [0.2, 0.25) is 0 Å². The molecule has 4 heteroatoms. The molecule has 17 heavy (non-hydrogen) atoms. The molecule has 3 N–H and O–H groups in total. The average molecular weight is 236 g/mol. The van der Waals surface area contributed by atoms with Crippen molar-refractivity contribution < 1.29 is 0 Å². The highest BCUT2D eigenvalue weighted by molar-refractivity contribution is 5.37. The van der Waals surface area contributed by atoms with Gasteiger partial charge < -0.3 is 11.1 Å². The highest BCUT2D eigenvalue weighted by atomic mass is 15.1. The third-order valence-electron chi connectivity index (χ3n) is 2.87. The smallest absolute Gasteiger partial charge is 0.130 e. The second-order valence-electron chi connectivity index (χ2n) is 4.72. The van der Waals surface area contributed by atoms with E-state index < -0.39 is 0 Å². The van der Waals surface area contributed by atoms with Crippen molar-refractivity contribution in [2.45, 2.75) is 46.6 Å². The predicted octanol–water partition coefficient (Wildman–Crippen LogP) is 2.13. The first-order valence-corrected chi connectivity index (χ1v) is 6.38. The summed E-state index contributed by atoms with van der Waals surface area (Å²) in [7, 11) is 0. The van der Waals surface area contributed by atoms with Crippen LogP contribution in [0.1, 0.15) is 38.7 Å². The lowest BCUT2D eigenvalue weighted by atomic mass is 10.0. The van der Waals surface area contributed by atoms with Crippen LogP contribution >= 0.6 is 0 Å². The number of aryl methyl sites for hydroxylation is 2. The molecule has 0 aliphatic heterocycles. The molecule has 1 aromatic heterocycles. The highest BCUT2D eigenvalue weighted by Crippen LogP contribution is 2.14. The number of nitrogens with two attached hydrogens (primary N) is 1. The molecular weight excluding hydrogens is 212 g/mol. The number of nitrogens with one attached hydrogen (secondary N) is 1. The van der Waals surface area contributed by atoms with Crippen LogP contribution in [0, 0.1) is 12.8 Å². The molecule has 96 valence electrons. The maximum absolute atomic E-state index is 5.63. The molecule has 0 saturated carbocycles. The van der Waals surface area contributed by atoms with Crippen LogP contribution in [0.5, 0.6) is 0 Å². The molecule has 0 radical (unpaired) electrons. The molecule has 4 nitrogen and oxygen atoms in total. The normalized spacial score (nSPS) is 12.8. The minimum Gasteiger partial charge on any atom is -0.367 e. The molecule has 1 aromatic rings. The van der Waals surface area contributed by atoms with Gasteiger partial charge >= 0.3 is 0 Å². The quantitative estimate of drug-likeness (QED) is 0.794. The largest absolute Gasteiger partial charge is 0.367 e. The van der Waals surface area contributed by atoms with Crippen LogP contribution in [0.4, 0.5) is 5.82 Å². The first-order valence-electron chi connectivity index (χ1n) is 6.38.